The van der Waals surface area contributed by atoms with E-state index in [0.717, 1.165) is 44.6 Å². The Bertz CT molecular complexity index is 2520. The molecule has 0 N–H and O–H groups in total. The standard InChI is InChI=1S/C51H54N4O.Pd/c1-33-26-27-52-48(28-33)54-46-23-14-13-20-44(46)45-25-24-40(32-47(45)54)56-41-30-38(51(4,5)6)29-39(31-41)55-35(3)49(34(2)53-55)50-42(36-16-9-7-10-17-36)21-15-22-43(50)37-18-11-8-12-19-37;/h13-15,20-30,36-37H,7-12,16-19H2,1-6H3;/q-2;+2. The van der Waals surface area contributed by atoms with Crippen molar-refractivity contribution < 1.29 is 25.2 Å². The molecule has 0 bridgehead atoms. The third-order valence-corrected chi connectivity index (χ3v) is 12.6. The summed E-state index contributed by atoms with van der Waals surface area (Å²) in [6.07, 6.45) is 15.0. The van der Waals surface area contributed by atoms with Gasteiger partial charge < -0.3 is 9.30 Å². The zero-order valence-corrected chi connectivity index (χ0v) is 35.9. The molecule has 9 rings (SSSR count). The van der Waals surface area contributed by atoms with E-state index in [1.807, 2.05) is 18.3 Å². The third kappa shape index (κ3) is 7.53. The number of hydrogen-bond acceptors (Lipinski definition) is 3. The smallest absolute Gasteiger partial charge is 0.509 e. The molecule has 2 saturated carbocycles. The zero-order valence-electron chi connectivity index (χ0n) is 34.3. The number of aryl methyl sites for hydroxylation is 2. The SMILES string of the molecule is Cc1ccnc(-n2c3[c-]c(Oc4[c-]c(-n5nc(C)c(-c6c(C7CCCCC7)cccc6C6CCCCC6)c5C)cc(C(C)(C)C)c4)ccc3c3ccccc32)c1.[Pd+2]. The van der Waals surface area contributed by atoms with E-state index < -0.39 is 0 Å². The van der Waals surface area contributed by atoms with Crippen molar-refractivity contribution in [2.75, 3.05) is 0 Å². The third-order valence-electron chi connectivity index (χ3n) is 12.6. The van der Waals surface area contributed by atoms with Gasteiger partial charge in [-0.2, -0.15) is 11.2 Å². The second kappa shape index (κ2) is 16.0. The number of nitrogens with zero attached hydrogens (tertiary/aromatic N) is 4. The summed E-state index contributed by atoms with van der Waals surface area (Å²) in [5.74, 6) is 3.36. The van der Waals surface area contributed by atoms with Crippen LogP contribution in [0.15, 0.2) is 85.1 Å². The van der Waals surface area contributed by atoms with Crippen molar-refractivity contribution in [2.45, 2.75) is 123 Å². The van der Waals surface area contributed by atoms with Crippen LogP contribution >= 0.6 is 0 Å². The Morgan fingerprint density at radius 1 is 0.684 bits per heavy atom. The summed E-state index contributed by atoms with van der Waals surface area (Å²) in [6.45, 7) is 13.3. The number of ether oxygens (including phenoxy) is 1. The summed E-state index contributed by atoms with van der Waals surface area (Å²) < 4.78 is 11.1. The first-order valence-electron chi connectivity index (χ1n) is 21.0. The molecule has 0 amide bonds. The summed E-state index contributed by atoms with van der Waals surface area (Å²) in [5.41, 5.74) is 13.2. The van der Waals surface area contributed by atoms with Crippen LogP contribution in [0.3, 0.4) is 0 Å². The quantitative estimate of drug-likeness (QED) is 0.119. The maximum Gasteiger partial charge on any atom is 2.00 e. The summed E-state index contributed by atoms with van der Waals surface area (Å²) in [4.78, 5) is 4.77. The van der Waals surface area contributed by atoms with Gasteiger partial charge in [0.05, 0.1) is 5.69 Å². The number of rotatable bonds is 7. The van der Waals surface area contributed by atoms with Gasteiger partial charge in [0.2, 0.25) is 0 Å². The summed E-state index contributed by atoms with van der Waals surface area (Å²) in [7, 11) is 0. The molecule has 0 spiro atoms. The van der Waals surface area contributed by atoms with Crippen molar-refractivity contribution in [3.8, 4) is 34.1 Å². The summed E-state index contributed by atoms with van der Waals surface area (Å²) in [6, 6.07) is 35.7. The number of fused-ring (bicyclic) bond motifs is 3. The number of pyridine rings is 1. The molecule has 7 aromatic rings. The van der Waals surface area contributed by atoms with Crippen LogP contribution < -0.4 is 4.74 Å². The molecule has 5 nitrogen and oxygen atoms in total. The Morgan fingerprint density at radius 3 is 2.04 bits per heavy atom. The fourth-order valence-corrected chi connectivity index (χ4v) is 9.69. The maximum atomic E-state index is 6.77. The van der Waals surface area contributed by atoms with Gasteiger partial charge in [0, 0.05) is 34.5 Å². The minimum absolute atomic E-state index is 0. The molecule has 0 atom stereocenters. The van der Waals surface area contributed by atoms with Crippen molar-refractivity contribution >= 4 is 21.8 Å². The molecule has 0 aliphatic heterocycles. The van der Waals surface area contributed by atoms with Crippen molar-refractivity contribution in [2.24, 2.45) is 0 Å². The second-order valence-electron chi connectivity index (χ2n) is 17.5. The fraction of sp³-hybridized carbons (Fsp3) is 0.373. The Hall–Kier alpha value is -4.50. The fourth-order valence-electron chi connectivity index (χ4n) is 9.69. The van der Waals surface area contributed by atoms with Gasteiger partial charge in [-0.3, -0.25) is 4.68 Å². The van der Waals surface area contributed by atoms with Gasteiger partial charge in [-0.05, 0) is 115 Å². The molecule has 4 aromatic carbocycles. The van der Waals surface area contributed by atoms with Crippen LogP contribution in [0.1, 0.15) is 130 Å². The molecule has 0 radical (unpaired) electrons. The Labute approximate surface area is 352 Å². The van der Waals surface area contributed by atoms with Crippen LogP contribution in [-0.2, 0) is 25.8 Å². The molecule has 2 fully saturated rings. The zero-order chi connectivity index (χ0) is 38.6. The van der Waals surface area contributed by atoms with Gasteiger partial charge in [-0.15, -0.1) is 41.3 Å². The first-order chi connectivity index (χ1) is 27.1. The van der Waals surface area contributed by atoms with Gasteiger partial charge in [-0.1, -0.05) is 101 Å². The van der Waals surface area contributed by atoms with Crippen LogP contribution in [-0.4, -0.2) is 19.3 Å². The van der Waals surface area contributed by atoms with Crippen LogP contribution in [0, 0.1) is 32.9 Å². The van der Waals surface area contributed by atoms with Gasteiger partial charge in [-0.25, -0.2) is 4.98 Å². The molecule has 294 valence electrons. The Kier molecular flexibility index (Phi) is 11.1. The average Bonchev–Trinajstić information content (AvgIpc) is 3.70. The predicted molar refractivity (Wildman–Crippen MR) is 230 cm³/mol. The molecule has 0 unspecified atom stereocenters. The van der Waals surface area contributed by atoms with Crippen molar-refractivity contribution in [1.29, 1.82) is 0 Å². The van der Waals surface area contributed by atoms with Crippen LogP contribution in [0.25, 0.3) is 44.4 Å². The Balaban J connectivity index is 0.00000455. The van der Waals surface area contributed by atoms with E-state index in [-0.39, 0.29) is 25.8 Å². The largest absolute Gasteiger partial charge is 2.00 e. The van der Waals surface area contributed by atoms with Crippen LogP contribution in [0.4, 0.5) is 0 Å². The minimum Gasteiger partial charge on any atom is -0.509 e. The summed E-state index contributed by atoms with van der Waals surface area (Å²) >= 11 is 0. The van der Waals surface area contributed by atoms with E-state index in [1.165, 1.54) is 86.6 Å². The van der Waals surface area contributed by atoms with Crippen molar-refractivity contribution in [3.05, 3.63) is 131 Å². The minimum atomic E-state index is -0.125. The second-order valence-corrected chi connectivity index (χ2v) is 17.5. The molecular formula is C51H54N4OPd. The van der Waals surface area contributed by atoms with Crippen LogP contribution in [0.5, 0.6) is 11.5 Å². The molecule has 2 aliphatic carbocycles. The number of para-hydroxylation sites is 1. The van der Waals surface area contributed by atoms with E-state index >= 15 is 0 Å². The van der Waals surface area contributed by atoms with E-state index in [0.29, 0.717) is 23.3 Å². The van der Waals surface area contributed by atoms with E-state index in [4.69, 9.17) is 14.8 Å². The number of hydrogen-bond donors (Lipinski definition) is 0. The molecule has 0 saturated heterocycles. The van der Waals surface area contributed by atoms with Gasteiger partial charge in [0.15, 0.2) is 0 Å². The van der Waals surface area contributed by atoms with Gasteiger partial charge in [0.1, 0.15) is 5.82 Å². The van der Waals surface area contributed by atoms with E-state index in [2.05, 4.69) is 130 Å². The molecule has 6 heteroatoms. The molecule has 3 heterocycles. The molecular weight excluding hydrogens is 791 g/mol. The maximum absolute atomic E-state index is 6.77. The van der Waals surface area contributed by atoms with Gasteiger partial charge >= 0.3 is 20.4 Å². The number of aromatic nitrogens is 4. The monoisotopic (exact) mass is 844 g/mol. The molecule has 3 aromatic heterocycles. The van der Waals surface area contributed by atoms with Crippen LogP contribution in [0.2, 0.25) is 0 Å². The average molecular weight is 845 g/mol. The molecule has 2 aliphatic rings. The van der Waals surface area contributed by atoms with Gasteiger partial charge in [0.25, 0.3) is 0 Å². The summed E-state index contributed by atoms with van der Waals surface area (Å²) in [5, 5.41) is 7.60. The van der Waals surface area contributed by atoms with Crippen molar-refractivity contribution in [1.82, 2.24) is 19.3 Å². The first kappa shape index (κ1) is 39.3. The topological polar surface area (TPSA) is 44.9 Å². The van der Waals surface area contributed by atoms with Crippen molar-refractivity contribution in [3.63, 3.8) is 0 Å². The Morgan fingerprint density at radius 2 is 1.37 bits per heavy atom. The first-order valence-corrected chi connectivity index (χ1v) is 21.0. The van der Waals surface area contributed by atoms with E-state index in [1.54, 1.807) is 11.1 Å². The van der Waals surface area contributed by atoms with E-state index in [9.17, 15) is 0 Å². The predicted octanol–water partition coefficient (Wildman–Crippen LogP) is 13.7. The number of benzene rings is 4. The normalized spacial score (nSPS) is 15.6. The molecule has 57 heavy (non-hydrogen) atoms.